The number of benzene rings is 1. The van der Waals surface area contributed by atoms with E-state index in [-0.39, 0.29) is 17.3 Å². The molecule has 84 valence electrons. The Balaban J connectivity index is 2.92. The molecule has 1 aromatic rings. The maximum absolute atomic E-state index is 11.0. The molecule has 15 heavy (non-hydrogen) atoms. The first-order valence-electron chi connectivity index (χ1n) is 4.25. The first-order chi connectivity index (χ1) is 6.79. The van der Waals surface area contributed by atoms with Crippen LogP contribution in [0.2, 0.25) is 0 Å². The van der Waals surface area contributed by atoms with Crippen LogP contribution in [-0.4, -0.2) is 30.6 Å². The van der Waals surface area contributed by atoms with E-state index in [1.54, 1.807) is 0 Å². The molecule has 0 aromatic heterocycles. The van der Waals surface area contributed by atoms with E-state index in [0.717, 1.165) is 6.26 Å². The number of hydrogen-bond acceptors (Lipinski definition) is 5. The van der Waals surface area contributed by atoms with Crippen molar-refractivity contribution in [2.24, 2.45) is 5.73 Å². The molecule has 0 saturated carbocycles. The van der Waals surface area contributed by atoms with Gasteiger partial charge < -0.3 is 15.9 Å². The second-order valence-corrected chi connectivity index (χ2v) is 5.63. The molecule has 0 aliphatic rings. The van der Waals surface area contributed by atoms with E-state index in [1.165, 1.54) is 18.2 Å². The van der Waals surface area contributed by atoms with Gasteiger partial charge in [0.05, 0.1) is 5.75 Å². The summed E-state index contributed by atoms with van der Waals surface area (Å²) >= 11 is 0. The maximum Gasteiger partial charge on any atom is 0.157 e. The standard InChI is InChI=1S/C9H13NO4S/c1-15(13,14)5-7(10)6-2-3-8(11)9(12)4-6/h2-4,7,11-12H,5,10H2,1H3. The molecule has 0 aliphatic carbocycles. The van der Waals surface area contributed by atoms with Crippen LogP contribution in [0.25, 0.3) is 0 Å². The SMILES string of the molecule is CS(=O)(=O)CC(N)c1ccc(O)c(O)c1. The average Bonchev–Trinajstić information content (AvgIpc) is 2.06. The van der Waals surface area contributed by atoms with Crippen molar-refractivity contribution in [3.63, 3.8) is 0 Å². The van der Waals surface area contributed by atoms with Crippen molar-refractivity contribution in [2.45, 2.75) is 6.04 Å². The summed E-state index contributed by atoms with van der Waals surface area (Å²) in [5.74, 6) is -0.765. The number of phenols is 2. The topological polar surface area (TPSA) is 101 Å². The largest absolute Gasteiger partial charge is 0.504 e. The fraction of sp³-hybridized carbons (Fsp3) is 0.333. The Morgan fingerprint density at radius 3 is 2.40 bits per heavy atom. The minimum absolute atomic E-state index is 0.197. The maximum atomic E-state index is 11.0. The van der Waals surface area contributed by atoms with Crippen molar-refractivity contribution in [3.8, 4) is 11.5 Å². The molecular formula is C9H13NO4S. The molecule has 0 spiro atoms. The summed E-state index contributed by atoms with van der Waals surface area (Å²) in [5.41, 5.74) is 6.10. The van der Waals surface area contributed by atoms with E-state index < -0.39 is 15.9 Å². The van der Waals surface area contributed by atoms with Gasteiger partial charge in [-0.1, -0.05) is 6.07 Å². The fourth-order valence-electron chi connectivity index (χ4n) is 1.19. The van der Waals surface area contributed by atoms with Crippen molar-refractivity contribution >= 4 is 9.84 Å². The molecule has 1 rings (SSSR count). The third kappa shape index (κ3) is 3.41. The van der Waals surface area contributed by atoms with Gasteiger partial charge in [0.1, 0.15) is 9.84 Å². The molecule has 1 atom stereocenters. The summed E-state index contributed by atoms with van der Waals surface area (Å²) in [4.78, 5) is 0. The summed E-state index contributed by atoms with van der Waals surface area (Å²) in [7, 11) is -3.16. The Morgan fingerprint density at radius 2 is 1.93 bits per heavy atom. The van der Waals surface area contributed by atoms with Crippen LogP contribution in [0, 0.1) is 0 Å². The Morgan fingerprint density at radius 1 is 1.33 bits per heavy atom. The smallest absolute Gasteiger partial charge is 0.157 e. The van der Waals surface area contributed by atoms with Gasteiger partial charge in [0.2, 0.25) is 0 Å². The lowest BCUT2D eigenvalue weighted by Gasteiger charge is -2.11. The average molecular weight is 231 g/mol. The highest BCUT2D eigenvalue weighted by Gasteiger charge is 2.14. The van der Waals surface area contributed by atoms with Crippen LogP contribution < -0.4 is 5.73 Å². The number of sulfone groups is 1. The normalized spacial score (nSPS) is 13.7. The third-order valence-electron chi connectivity index (χ3n) is 1.91. The Hall–Kier alpha value is -1.27. The van der Waals surface area contributed by atoms with Crippen LogP contribution in [-0.2, 0) is 9.84 Å². The highest BCUT2D eigenvalue weighted by atomic mass is 32.2. The van der Waals surface area contributed by atoms with Crippen molar-refractivity contribution < 1.29 is 18.6 Å². The van der Waals surface area contributed by atoms with Gasteiger partial charge in [-0.2, -0.15) is 0 Å². The summed E-state index contributed by atoms with van der Waals surface area (Å²) in [6.45, 7) is 0. The zero-order chi connectivity index (χ0) is 11.6. The molecule has 1 aromatic carbocycles. The van der Waals surface area contributed by atoms with E-state index in [9.17, 15) is 13.5 Å². The second kappa shape index (κ2) is 4.08. The van der Waals surface area contributed by atoms with Gasteiger partial charge in [0, 0.05) is 12.3 Å². The van der Waals surface area contributed by atoms with E-state index in [0.29, 0.717) is 5.56 Å². The summed E-state index contributed by atoms with van der Waals surface area (Å²) < 4.78 is 21.9. The molecule has 0 fully saturated rings. The zero-order valence-corrected chi connectivity index (χ0v) is 9.03. The van der Waals surface area contributed by atoms with E-state index in [4.69, 9.17) is 10.8 Å². The number of rotatable bonds is 3. The van der Waals surface area contributed by atoms with E-state index in [1.807, 2.05) is 0 Å². The quantitative estimate of drug-likeness (QED) is 0.642. The summed E-state index contributed by atoms with van der Waals surface area (Å²) in [6.07, 6.45) is 1.09. The first-order valence-corrected chi connectivity index (χ1v) is 6.31. The Labute approximate surface area is 88.1 Å². The summed E-state index contributed by atoms with van der Waals surface area (Å²) in [6, 6.07) is 3.30. The lowest BCUT2D eigenvalue weighted by atomic mass is 10.1. The lowest BCUT2D eigenvalue weighted by Crippen LogP contribution is -2.20. The van der Waals surface area contributed by atoms with Crippen LogP contribution in [0.5, 0.6) is 11.5 Å². The molecule has 0 heterocycles. The van der Waals surface area contributed by atoms with Gasteiger partial charge in [-0.25, -0.2) is 8.42 Å². The highest BCUT2D eigenvalue weighted by Crippen LogP contribution is 2.27. The van der Waals surface area contributed by atoms with Gasteiger partial charge in [0.15, 0.2) is 11.5 Å². The predicted molar refractivity (Wildman–Crippen MR) is 56.4 cm³/mol. The molecule has 6 heteroatoms. The molecule has 0 bridgehead atoms. The van der Waals surface area contributed by atoms with Gasteiger partial charge >= 0.3 is 0 Å². The van der Waals surface area contributed by atoms with Crippen LogP contribution in [0.3, 0.4) is 0 Å². The van der Waals surface area contributed by atoms with E-state index in [2.05, 4.69) is 0 Å². The van der Waals surface area contributed by atoms with Gasteiger partial charge in [-0.15, -0.1) is 0 Å². The third-order valence-corrected chi connectivity index (χ3v) is 2.87. The molecule has 4 N–H and O–H groups in total. The number of nitrogens with two attached hydrogens (primary N) is 1. The Kier molecular flexibility index (Phi) is 3.21. The van der Waals surface area contributed by atoms with Crippen molar-refractivity contribution in [1.29, 1.82) is 0 Å². The Bertz CT molecular complexity index is 455. The highest BCUT2D eigenvalue weighted by molar-refractivity contribution is 7.90. The van der Waals surface area contributed by atoms with Gasteiger partial charge in [0.25, 0.3) is 0 Å². The van der Waals surface area contributed by atoms with E-state index >= 15 is 0 Å². The van der Waals surface area contributed by atoms with Crippen molar-refractivity contribution in [3.05, 3.63) is 23.8 Å². The van der Waals surface area contributed by atoms with Gasteiger partial charge in [-0.3, -0.25) is 0 Å². The minimum atomic E-state index is -3.16. The number of hydrogen-bond donors (Lipinski definition) is 3. The van der Waals surface area contributed by atoms with Crippen LogP contribution in [0.1, 0.15) is 11.6 Å². The van der Waals surface area contributed by atoms with Crippen molar-refractivity contribution in [1.82, 2.24) is 0 Å². The molecule has 1 unspecified atom stereocenters. The summed E-state index contributed by atoms with van der Waals surface area (Å²) in [5, 5.41) is 18.2. The monoisotopic (exact) mass is 231 g/mol. The van der Waals surface area contributed by atoms with Crippen LogP contribution >= 0.6 is 0 Å². The van der Waals surface area contributed by atoms with Crippen molar-refractivity contribution in [2.75, 3.05) is 12.0 Å². The molecule has 0 radical (unpaired) electrons. The van der Waals surface area contributed by atoms with Crippen LogP contribution in [0.15, 0.2) is 18.2 Å². The number of aromatic hydroxyl groups is 2. The minimum Gasteiger partial charge on any atom is -0.504 e. The molecule has 0 amide bonds. The predicted octanol–water partition coefficient (Wildman–Crippen LogP) is 0.142. The lowest BCUT2D eigenvalue weighted by molar-refractivity contribution is 0.403. The fourth-order valence-corrected chi connectivity index (χ4v) is 2.04. The first kappa shape index (κ1) is 11.8. The molecule has 0 saturated heterocycles. The second-order valence-electron chi connectivity index (χ2n) is 3.45. The zero-order valence-electron chi connectivity index (χ0n) is 8.21. The van der Waals surface area contributed by atoms with Crippen LogP contribution in [0.4, 0.5) is 0 Å². The van der Waals surface area contributed by atoms with Gasteiger partial charge in [-0.05, 0) is 17.7 Å². The molecule has 0 aliphatic heterocycles. The molecular weight excluding hydrogens is 218 g/mol. The molecule has 5 nitrogen and oxygen atoms in total. The number of phenolic OH excluding ortho intramolecular Hbond substituents is 2.